The lowest BCUT2D eigenvalue weighted by atomic mass is 10.1. The van der Waals surface area contributed by atoms with E-state index in [0.717, 1.165) is 4.47 Å². The molecule has 2 aromatic heterocycles. The van der Waals surface area contributed by atoms with Crippen LogP contribution in [0.25, 0.3) is 16.3 Å². The van der Waals surface area contributed by atoms with Crippen molar-refractivity contribution in [2.45, 2.75) is 0 Å². The van der Waals surface area contributed by atoms with Crippen LogP contribution in [0, 0.1) is 0 Å². The number of pyridine rings is 2. The minimum absolute atomic E-state index is 1.12. The first-order valence-corrected chi connectivity index (χ1v) is 5.62. The van der Waals surface area contributed by atoms with E-state index in [1.165, 1.54) is 16.3 Å². The lowest BCUT2D eigenvalue weighted by Crippen LogP contribution is -2.20. The molecule has 2 heterocycles. The third-order valence-corrected chi connectivity index (χ3v) is 3.25. The Hall–Kier alpha value is -1.41. The fourth-order valence-electron chi connectivity index (χ4n) is 1.82. The molecule has 0 fully saturated rings. The zero-order valence-electron chi connectivity index (χ0n) is 8.02. The highest BCUT2D eigenvalue weighted by Gasteiger charge is 2.07. The maximum atomic E-state index is 3.56. The summed E-state index contributed by atoms with van der Waals surface area (Å²) in [7, 11) is 0. The van der Waals surface area contributed by atoms with Gasteiger partial charge >= 0.3 is 0 Å². The molecular formula is C13H9BrN+. The Balaban J connectivity index is 2.53. The predicted molar refractivity (Wildman–Crippen MR) is 64.8 cm³/mol. The molecule has 1 nitrogen and oxygen atoms in total. The molecule has 0 aliphatic rings. The Labute approximate surface area is 96.1 Å². The van der Waals surface area contributed by atoms with Crippen LogP contribution in [-0.2, 0) is 0 Å². The van der Waals surface area contributed by atoms with Crippen LogP contribution in [-0.4, -0.2) is 0 Å². The molecule has 3 rings (SSSR count). The Morgan fingerprint density at radius 2 is 1.73 bits per heavy atom. The summed E-state index contributed by atoms with van der Waals surface area (Å²) in [4.78, 5) is 0. The van der Waals surface area contributed by atoms with E-state index in [1.54, 1.807) is 0 Å². The molecule has 0 radical (unpaired) electrons. The summed E-state index contributed by atoms with van der Waals surface area (Å²) in [6.07, 6.45) is 4.21. The van der Waals surface area contributed by atoms with Gasteiger partial charge < -0.3 is 0 Å². The summed E-state index contributed by atoms with van der Waals surface area (Å²) in [6.45, 7) is 0. The summed E-state index contributed by atoms with van der Waals surface area (Å²) < 4.78 is 3.25. The summed E-state index contributed by atoms with van der Waals surface area (Å²) in [5, 5.41) is 2.53. The van der Waals surface area contributed by atoms with Crippen molar-refractivity contribution in [3.63, 3.8) is 0 Å². The highest BCUT2D eigenvalue weighted by molar-refractivity contribution is 9.10. The Kier molecular flexibility index (Phi) is 1.96. The molecule has 3 aromatic rings. The number of halogens is 1. The van der Waals surface area contributed by atoms with E-state index in [9.17, 15) is 0 Å². The molecule has 0 spiro atoms. The average molecular weight is 259 g/mol. The molecule has 72 valence electrons. The number of nitrogens with zero attached hydrogens (tertiary/aromatic N) is 1. The maximum absolute atomic E-state index is 3.56. The van der Waals surface area contributed by atoms with Crippen molar-refractivity contribution >= 4 is 32.2 Å². The molecule has 1 aromatic carbocycles. The van der Waals surface area contributed by atoms with Gasteiger partial charge in [-0.15, -0.1) is 0 Å². The van der Waals surface area contributed by atoms with E-state index < -0.39 is 0 Å². The summed E-state index contributed by atoms with van der Waals surface area (Å²) >= 11 is 3.56. The summed E-state index contributed by atoms with van der Waals surface area (Å²) in [5.41, 5.74) is 1.19. The third kappa shape index (κ3) is 1.41. The van der Waals surface area contributed by atoms with Gasteiger partial charge in [0.15, 0.2) is 12.4 Å². The Bertz CT molecular complexity index is 646. The van der Waals surface area contributed by atoms with Crippen LogP contribution in [0.4, 0.5) is 0 Å². The van der Waals surface area contributed by atoms with Crippen LogP contribution in [0.15, 0.2) is 59.3 Å². The van der Waals surface area contributed by atoms with Gasteiger partial charge in [0.1, 0.15) is 0 Å². The first-order chi connectivity index (χ1) is 7.34. The zero-order valence-corrected chi connectivity index (χ0v) is 9.61. The summed E-state index contributed by atoms with van der Waals surface area (Å²) in [6, 6.07) is 14.7. The molecule has 0 saturated heterocycles. The standard InChI is InChI=1S/C13H9BrN/c14-12-6-3-7-15-9-11-5-2-1-4-10(11)8-13(12)15/h1-9H/q+1. The average Bonchev–Trinajstić information content (AvgIpc) is 2.27. The van der Waals surface area contributed by atoms with Gasteiger partial charge in [0, 0.05) is 17.5 Å². The van der Waals surface area contributed by atoms with Gasteiger partial charge in [-0.1, -0.05) is 18.2 Å². The minimum atomic E-state index is 1.12. The molecule has 0 bridgehead atoms. The lowest BCUT2D eigenvalue weighted by molar-refractivity contribution is -0.510. The van der Waals surface area contributed by atoms with Crippen LogP contribution >= 0.6 is 15.9 Å². The monoisotopic (exact) mass is 258 g/mol. The summed E-state index contributed by atoms with van der Waals surface area (Å²) in [5.74, 6) is 0. The van der Waals surface area contributed by atoms with Gasteiger partial charge in [-0.3, -0.25) is 0 Å². The Morgan fingerprint density at radius 1 is 0.933 bits per heavy atom. The molecule has 2 heteroatoms. The molecule has 0 saturated carbocycles. The number of hydrogen-bond acceptors (Lipinski definition) is 0. The quantitative estimate of drug-likeness (QED) is 0.430. The zero-order chi connectivity index (χ0) is 10.3. The van der Waals surface area contributed by atoms with Crippen LogP contribution in [0.2, 0.25) is 0 Å². The fraction of sp³-hybridized carbons (Fsp3) is 0. The molecule has 15 heavy (non-hydrogen) atoms. The lowest BCUT2D eigenvalue weighted by Gasteiger charge is -1.97. The van der Waals surface area contributed by atoms with Crippen LogP contribution in [0.5, 0.6) is 0 Å². The molecule has 0 aliphatic heterocycles. The Morgan fingerprint density at radius 3 is 2.60 bits per heavy atom. The van der Waals surface area contributed by atoms with Crippen molar-refractivity contribution in [3.05, 3.63) is 59.3 Å². The highest BCUT2D eigenvalue weighted by Crippen LogP contribution is 2.18. The number of aromatic nitrogens is 1. The van der Waals surface area contributed by atoms with Crippen LogP contribution in [0.1, 0.15) is 0 Å². The van der Waals surface area contributed by atoms with Crippen molar-refractivity contribution in [2.75, 3.05) is 0 Å². The van der Waals surface area contributed by atoms with Gasteiger partial charge in [-0.25, -0.2) is 0 Å². The van der Waals surface area contributed by atoms with E-state index in [0.29, 0.717) is 0 Å². The van der Waals surface area contributed by atoms with Crippen molar-refractivity contribution in [1.29, 1.82) is 0 Å². The maximum Gasteiger partial charge on any atom is 0.225 e. The normalized spacial score (nSPS) is 11.0. The number of hydrogen-bond donors (Lipinski definition) is 0. The van der Waals surface area contributed by atoms with E-state index >= 15 is 0 Å². The third-order valence-electron chi connectivity index (χ3n) is 2.58. The molecule has 0 unspecified atom stereocenters. The molecule has 0 amide bonds. The minimum Gasteiger partial charge on any atom is -0.166 e. The van der Waals surface area contributed by atoms with E-state index in [2.05, 4.69) is 69.1 Å². The van der Waals surface area contributed by atoms with Crippen molar-refractivity contribution in [2.24, 2.45) is 0 Å². The fourth-order valence-corrected chi connectivity index (χ4v) is 2.29. The van der Waals surface area contributed by atoms with Crippen molar-refractivity contribution in [1.82, 2.24) is 0 Å². The van der Waals surface area contributed by atoms with E-state index in [4.69, 9.17) is 0 Å². The topological polar surface area (TPSA) is 4.10 Å². The molecule has 0 aliphatic carbocycles. The van der Waals surface area contributed by atoms with Crippen molar-refractivity contribution in [3.8, 4) is 0 Å². The van der Waals surface area contributed by atoms with E-state index in [1.807, 2.05) is 6.07 Å². The first kappa shape index (κ1) is 8.86. The van der Waals surface area contributed by atoms with Gasteiger partial charge in [-0.05, 0) is 33.4 Å². The van der Waals surface area contributed by atoms with Crippen LogP contribution < -0.4 is 4.40 Å². The smallest absolute Gasteiger partial charge is 0.166 e. The predicted octanol–water partition coefficient (Wildman–Crippen LogP) is 3.34. The molecule has 0 N–H and O–H groups in total. The second-order valence-corrected chi connectivity index (χ2v) is 4.41. The molecular weight excluding hydrogens is 250 g/mol. The van der Waals surface area contributed by atoms with E-state index in [-0.39, 0.29) is 0 Å². The van der Waals surface area contributed by atoms with Gasteiger partial charge in [0.2, 0.25) is 5.52 Å². The SMILES string of the molecule is Brc1ccc[n+]2cc3ccccc3cc12. The second-order valence-electron chi connectivity index (χ2n) is 3.55. The number of rotatable bonds is 0. The van der Waals surface area contributed by atoms with Crippen molar-refractivity contribution < 1.29 is 4.40 Å². The largest absolute Gasteiger partial charge is 0.225 e. The highest BCUT2D eigenvalue weighted by atomic mass is 79.9. The van der Waals surface area contributed by atoms with Crippen LogP contribution in [0.3, 0.4) is 0 Å². The van der Waals surface area contributed by atoms with Gasteiger partial charge in [0.25, 0.3) is 0 Å². The molecule has 0 atom stereocenters. The first-order valence-electron chi connectivity index (χ1n) is 4.83. The number of benzene rings is 1. The second kappa shape index (κ2) is 3.31. The van der Waals surface area contributed by atoms with Gasteiger partial charge in [0.05, 0.1) is 4.47 Å². The van der Waals surface area contributed by atoms with Gasteiger partial charge in [-0.2, -0.15) is 4.40 Å². The number of fused-ring (bicyclic) bond motifs is 2.